The molecule has 0 spiro atoms. The van der Waals surface area contributed by atoms with Crippen molar-refractivity contribution >= 4 is 23.2 Å². The molecule has 0 bridgehead atoms. The fourth-order valence-corrected chi connectivity index (χ4v) is 3.92. The van der Waals surface area contributed by atoms with Crippen molar-refractivity contribution in [1.29, 1.82) is 0 Å². The summed E-state index contributed by atoms with van der Waals surface area (Å²) in [4.78, 5) is 3.02. The van der Waals surface area contributed by atoms with Crippen LogP contribution in [0.3, 0.4) is 0 Å². The Labute approximate surface area is 164 Å². The van der Waals surface area contributed by atoms with E-state index in [2.05, 4.69) is 30.3 Å². The Bertz CT molecular complexity index is 671. The molecule has 1 aliphatic rings. The van der Waals surface area contributed by atoms with Crippen molar-refractivity contribution in [1.82, 2.24) is 0 Å². The SMILES string of the molecule is O[C@@H](COc1c(Cl)cccc1Cl)C[NH+]1CC[NH+](Cc2ccccc2)CC1. The van der Waals surface area contributed by atoms with Gasteiger partial charge in [-0.3, -0.25) is 0 Å². The zero-order valence-electron chi connectivity index (χ0n) is 14.8. The van der Waals surface area contributed by atoms with Gasteiger partial charge in [-0.25, -0.2) is 0 Å². The Hall–Kier alpha value is -1.30. The molecule has 2 aromatic carbocycles. The fraction of sp³-hybridized carbons (Fsp3) is 0.400. The van der Waals surface area contributed by atoms with Gasteiger partial charge < -0.3 is 19.6 Å². The van der Waals surface area contributed by atoms with Crippen LogP contribution in [0.25, 0.3) is 0 Å². The summed E-state index contributed by atoms with van der Waals surface area (Å²) < 4.78 is 5.64. The lowest BCUT2D eigenvalue weighted by Crippen LogP contribution is -3.28. The molecule has 6 heteroatoms. The average molecular weight is 397 g/mol. The molecule has 0 aliphatic carbocycles. The van der Waals surface area contributed by atoms with E-state index in [0.29, 0.717) is 22.3 Å². The first kappa shape index (κ1) is 19.5. The van der Waals surface area contributed by atoms with Crippen LogP contribution in [-0.4, -0.2) is 50.5 Å². The summed E-state index contributed by atoms with van der Waals surface area (Å²) in [6, 6.07) is 15.9. The Morgan fingerprint density at radius 3 is 2.15 bits per heavy atom. The molecule has 2 aromatic rings. The zero-order valence-corrected chi connectivity index (χ0v) is 16.3. The molecular weight excluding hydrogens is 371 g/mol. The number of piperazine rings is 1. The monoisotopic (exact) mass is 396 g/mol. The van der Waals surface area contributed by atoms with Crippen molar-refractivity contribution < 1.29 is 19.6 Å². The van der Waals surface area contributed by atoms with Gasteiger partial charge in [-0.15, -0.1) is 0 Å². The number of ether oxygens (including phenoxy) is 1. The van der Waals surface area contributed by atoms with E-state index in [9.17, 15) is 5.11 Å². The van der Waals surface area contributed by atoms with Gasteiger partial charge in [-0.05, 0) is 12.1 Å². The number of hydrogen-bond donors (Lipinski definition) is 3. The van der Waals surface area contributed by atoms with Gasteiger partial charge in [-0.2, -0.15) is 0 Å². The van der Waals surface area contributed by atoms with Crippen LogP contribution in [0.2, 0.25) is 10.0 Å². The first-order chi connectivity index (χ1) is 12.6. The molecule has 140 valence electrons. The van der Waals surface area contributed by atoms with E-state index >= 15 is 0 Å². The maximum Gasteiger partial charge on any atom is 0.156 e. The van der Waals surface area contributed by atoms with Crippen molar-refractivity contribution in [3.05, 3.63) is 64.1 Å². The van der Waals surface area contributed by atoms with Crippen LogP contribution in [0.1, 0.15) is 5.56 Å². The van der Waals surface area contributed by atoms with Crippen LogP contribution in [0.4, 0.5) is 0 Å². The number of benzene rings is 2. The summed E-state index contributed by atoms with van der Waals surface area (Å²) in [5.74, 6) is 0.446. The lowest BCUT2D eigenvalue weighted by Gasteiger charge is -2.30. The number of aliphatic hydroxyl groups is 1. The van der Waals surface area contributed by atoms with Crippen LogP contribution < -0.4 is 14.5 Å². The molecule has 1 atom stereocenters. The van der Waals surface area contributed by atoms with Crippen LogP contribution in [-0.2, 0) is 6.54 Å². The predicted molar refractivity (Wildman–Crippen MR) is 104 cm³/mol. The first-order valence-corrected chi connectivity index (χ1v) is 9.83. The Morgan fingerprint density at radius 1 is 0.885 bits per heavy atom. The smallest absolute Gasteiger partial charge is 0.156 e. The van der Waals surface area contributed by atoms with Crippen molar-refractivity contribution in [2.24, 2.45) is 0 Å². The summed E-state index contributed by atoms with van der Waals surface area (Å²) in [6.45, 7) is 6.32. The van der Waals surface area contributed by atoms with Gasteiger partial charge in [0.1, 0.15) is 52.0 Å². The first-order valence-electron chi connectivity index (χ1n) is 9.08. The number of para-hydroxylation sites is 1. The highest BCUT2D eigenvalue weighted by Gasteiger charge is 2.25. The average Bonchev–Trinajstić information content (AvgIpc) is 2.64. The standard InChI is InChI=1S/C20H24Cl2N2O2/c21-18-7-4-8-19(22)20(18)26-15-17(25)14-24-11-9-23(10-12-24)13-16-5-2-1-3-6-16/h1-8,17,25H,9-15H2/p+2/t17-/m1/s1. The van der Waals surface area contributed by atoms with Crippen molar-refractivity contribution in [2.45, 2.75) is 12.6 Å². The Kier molecular flexibility index (Phi) is 7.17. The van der Waals surface area contributed by atoms with Crippen LogP contribution in [0.5, 0.6) is 5.75 Å². The van der Waals surface area contributed by atoms with Gasteiger partial charge in [0, 0.05) is 5.56 Å². The number of aliphatic hydroxyl groups excluding tert-OH is 1. The summed E-state index contributed by atoms with van der Waals surface area (Å²) >= 11 is 12.2. The second-order valence-corrected chi connectivity index (χ2v) is 7.70. The maximum atomic E-state index is 10.3. The van der Waals surface area contributed by atoms with Crippen LogP contribution >= 0.6 is 23.2 Å². The topological polar surface area (TPSA) is 38.3 Å². The third-order valence-corrected chi connectivity index (χ3v) is 5.42. The number of hydrogen-bond acceptors (Lipinski definition) is 2. The van der Waals surface area contributed by atoms with E-state index < -0.39 is 6.10 Å². The van der Waals surface area contributed by atoms with Crippen molar-refractivity contribution in [3.63, 3.8) is 0 Å². The van der Waals surface area contributed by atoms with Crippen molar-refractivity contribution in [3.8, 4) is 5.75 Å². The van der Waals surface area contributed by atoms with Gasteiger partial charge in [0.05, 0.1) is 10.0 Å². The molecule has 0 aromatic heterocycles. The van der Waals surface area contributed by atoms with Gasteiger partial charge in [0.15, 0.2) is 5.75 Å². The van der Waals surface area contributed by atoms with Gasteiger partial charge in [-0.1, -0.05) is 59.6 Å². The van der Waals surface area contributed by atoms with E-state index in [1.807, 2.05) is 0 Å². The molecule has 0 radical (unpaired) electrons. The molecule has 26 heavy (non-hydrogen) atoms. The van der Waals surface area contributed by atoms with Crippen LogP contribution in [0, 0.1) is 0 Å². The highest BCUT2D eigenvalue weighted by atomic mass is 35.5. The third-order valence-electron chi connectivity index (χ3n) is 4.82. The normalized spacial score (nSPS) is 21.3. The highest BCUT2D eigenvalue weighted by Crippen LogP contribution is 2.32. The van der Waals surface area contributed by atoms with E-state index in [0.717, 1.165) is 32.7 Å². The van der Waals surface area contributed by atoms with Gasteiger partial charge in [0.2, 0.25) is 0 Å². The minimum absolute atomic E-state index is 0.202. The summed E-state index contributed by atoms with van der Waals surface area (Å²) in [6.07, 6.45) is -0.534. The second-order valence-electron chi connectivity index (χ2n) is 6.88. The summed E-state index contributed by atoms with van der Waals surface area (Å²) in [5.41, 5.74) is 1.39. The zero-order chi connectivity index (χ0) is 18.4. The number of nitrogens with one attached hydrogen (secondary N) is 2. The van der Waals surface area contributed by atoms with Gasteiger partial charge >= 0.3 is 0 Å². The molecule has 4 nitrogen and oxygen atoms in total. The molecule has 1 saturated heterocycles. The Morgan fingerprint density at radius 2 is 1.50 bits per heavy atom. The molecule has 0 amide bonds. The summed E-state index contributed by atoms with van der Waals surface area (Å²) in [7, 11) is 0. The molecule has 1 aliphatic heterocycles. The molecule has 3 N–H and O–H groups in total. The lowest BCUT2D eigenvalue weighted by molar-refractivity contribution is -1.02. The molecule has 0 unspecified atom stereocenters. The number of quaternary nitrogens is 2. The summed E-state index contributed by atoms with van der Waals surface area (Å²) in [5, 5.41) is 11.2. The molecule has 1 fully saturated rings. The minimum Gasteiger partial charge on any atom is -0.488 e. The van der Waals surface area contributed by atoms with Crippen molar-refractivity contribution in [2.75, 3.05) is 39.3 Å². The van der Waals surface area contributed by atoms with E-state index in [4.69, 9.17) is 27.9 Å². The quantitative estimate of drug-likeness (QED) is 0.644. The van der Waals surface area contributed by atoms with E-state index in [1.165, 1.54) is 10.5 Å². The molecule has 0 saturated carbocycles. The van der Waals surface area contributed by atoms with Gasteiger partial charge in [0.25, 0.3) is 0 Å². The minimum atomic E-state index is -0.534. The lowest BCUT2D eigenvalue weighted by atomic mass is 10.2. The van der Waals surface area contributed by atoms with Crippen LogP contribution in [0.15, 0.2) is 48.5 Å². The third kappa shape index (κ3) is 5.60. The maximum absolute atomic E-state index is 10.3. The largest absolute Gasteiger partial charge is 0.488 e. The number of halogens is 2. The highest BCUT2D eigenvalue weighted by molar-refractivity contribution is 6.37. The molecular formula is C20H26Cl2N2O2+2. The predicted octanol–water partition coefficient (Wildman–Crippen LogP) is 0.717. The molecule has 3 rings (SSSR count). The van der Waals surface area contributed by atoms with E-state index in [1.54, 1.807) is 23.1 Å². The molecule has 1 heterocycles. The second kappa shape index (κ2) is 9.58. The fourth-order valence-electron chi connectivity index (χ4n) is 3.41. The van der Waals surface area contributed by atoms with E-state index in [-0.39, 0.29) is 6.61 Å². The number of rotatable bonds is 7. The Balaban J connectivity index is 1.40.